The highest BCUT2D eigenvalue weighted by molar-refractivity contribution is 6.12. The maximum Gasteiger partial charge on any atom is 0.280 e. The monoisotopic (exact) mass is 341 g/mol. The molecule has 1 heterocycles. The summed E-state index contributed by atoms with van der Waals surface area (Å²) in [6.07, 6.45) is 0. The van der Waals surface area contributed by atoms with Crippen molar-refractivity contribution in [3.05, 3.63) is 68.8 Å². The molecule has 0 amide bonds. The fourth-order valence-electron chi connectivity index (χ4n) is 3.62. The van der Waals surface area contributed by atoms with Gasteiger partial charge >= 0.3 is 0 Å². The number of aliphatic hydroxyl groups is 2. The lowest BCUT2D eigenvalue weighted by molar-refractivity contribution is -0.385. The summed E-state index contributed by atoms with van der Waals surface area (Å²) < 4.78 is 5.61. The normalized spacial score (nSPS) is 26.2. The van der Waals surface area contributed by atoms with Crippen LogP contribution in [-0.4, -0.2) is 20.9 Å². The number of ketones is 1. The van der Waals surface area contributed by atoms with Gasteiger partial charge in [0.15, 0.2) is 0 Å². The molecule has 2 aromatic rings. The molecular weight excluding hydrogens is 326 g/mol. The number of nitro benzene ring substituents is 1. The highest BCUT2D eigenvalue weighted by Gasteiger charge is 2.71. The first kappa shape index (κ1) is 15.7. The summed E-state index contributed by atoms with van der Waals surface area (Å²) in [6, 6.07) is 8.79. The Morgan fingerprint density at radius 1 is 1.16 bits per heavy atom. The van der Waals surface area contributed by atoms with Crippen molar-refractivity contribution in [1.29, 1.82) is 0 Å². The third-order valence-corrected chi connectivity index (χ3v) is 4.97. The summed E-state index contributed by atoms with van der Waals surface area (Å²) >= 11 is 0. The summed E-state index contributed by atoms with van der Waals surface area (Å²) in [5, 5.41) is 33.4. The van der Waals surface area contributed by atoms with Gasteiger partial charge in [0.05, 0.1) is 4.92 Å². The molecule has 2 aliphatic rings. The summed E-state index contributed by atoms with van der Waals surface area (Å²) in [5.74, 6) is -2.94. The van der Waals surface area contributed by atoms with Crippen LogP contribution in [0.1, 0.15) is 46.8 Å². The number of fused-ring (bicyclic) bond motifs is 5. The quantitative estimate of drug-likeness (QED) is 0.641. The van der Waals surface area contributed by atoms with Crippen LogP contribution in [-0.2, 0) is 11.4 Å². The number of nitrogens with zero attached hydrogens (tertiary/aromatic N) is 1. The molecule has 25 heavy (non-hydrogen) atoms. The summed E-state index contributed by atoms with van der Waals surface area (Å²) in [6.45, 7) is 3.95. The van der Waals surface area contributed by atoms with Crippen LogP contribution in [0.25, 0.3) is 0 Å². The average Bonchev–Trinajstić information content (AvgIpc) is 2.90. The molecule has 0 saturated carbocycles. The van der Waals surface area contributed by atoms with E-state index in [1.54, 1.807) is 12.1 Å². The first-order chi connectivity index (χ1) is 11.7. The molecule has 1 aliphatic heterocycles. The van der Waals surface area contributed by atoms with Crippen LogP contribution < -0.4 is 4.74 Å². The Labute approximate surface area is 142 Å². The van der Waals surface area contributed by atoms with E-state index in [4.69, 9.17) is 4.74 Å². The number of hydrogen-bond donors (Lipinski definition) is 2. The summed E-state index contributed by atoms with van der Waals surface area (Å²) in [5.41, 5.74) is -2.28. The zero-order valence-corrected chi connectivity index (χ0v) is 13.5. The van der Waals surface area contributed by atoms with Crippen molar-refractivity contribution in [2.75, 3.05) is 0 Å². The van der Waals surface area contributed by atoms with Crippen molar-refractivity contribution in [3.8, 4) is 5.75 Å². The van der Waals surface area contributed by atoms with Gasteiger partial charge in [0, 0.05) is 17.2 Å². The van der Waals surface area contributed by atoms with Crippen molar-refractivity contribution in [2.24, 2.45) is 0 Å². The Morgan fingerprint density at radius 3 is 2.52 bits per heavy atom. The van der Waals surface area contributed by atoms with Crippen LogP contribution in [0.3, 0.4) is 0 Å². The van der Waals surface area contributed by atoms with E-state index >= 15 is 0 Å². The van der Waals surface area contributed by atoms with E-state index in [1.807, 2.05) is 13.8 Å². The fraction of sp³-hybridized carbons (Fsp3) is 0.278. The molecule has 0 fully saturated rings. The Hall–Kier alpha value is -2.77. The molecule has 0 aromatic heterocycles. The van der Waals surface area contributed by atoms with Crippen LogP contribution in [0, 0.1) is 10.1 Å². The second kappa shape index (κ2) is 4.65. The average molecular weight is 341 g/mol. The minimum absolute atomic E-state index is 0.100. The number of benzene rings is 2. The lowest BCUT2D eigenvalue weighted by Gasteiger charge is -2.28. The van der Waals surface area contributed by atoms with Gasteiger partial charge in [-0.15, -0.1) is 0 Å². The summed E-state index contributed by atoms with van der Waals surface area (Å²) in [4.78, 5) is 23.5. The van der Waals surface area contributed by atoms with E-state index in [-0.39, 0.29) is 28.4 Å². The second-order valence-electron chi connectivity index (χ2n) is 6.65. The topological polar surface area (TPSA) is 110 Å². The second-order valence-corrected chi connectivity index (χ2v) is 6.65. The highest BCUT2D eigenvalue weighted by atomic mass is 16.7. The molecule has 0 bridgehead atoms. The maximum atomic E-state index is 12.9. The molecule has 7 heteroatoms. The molecule has 0 radical (unpaired) electrons. The Bertz CT molecular complexity index is 953. The first-order valence-corrected chi connectivity index (χ1v) is 7.82. The predicted molar refractivity (Wildman–Crippen MR) is 86.4 cm³/mol. The van der Waals surface area contributed by atoms with Gasteiger partial charge < -0.3 is 14.9 Å². The molecular formula is C18H15NO6. The molecule has 2 N–H and O–H groups in total. The van der Waals surface area contributed by atoms with Crippen LogP contribution >= 0.6 is 0 Å². The molecule has 2 aromatic carbocycles. The smallest absolute Gasteiger partial charge is 0.280 e. The van der Waals surface area contributed by atoms with Crippen molar-refractivity contribution in [2.45, 2.75) is 31.2 Å². The lowest BCUT2D eigenvalue weighted by Crippen LogP contribution is -2.48. The number of carbonyl (C=O) groups is 1. The lowest BCUT2D eigenvalue weighted by atomic mass is 9.86. The van der Waals surface area contributed by atoms with Crippen molar-refractivity contribution >= 4 is 11.5 Å². The number of Topliss-reactive ketones (excluding diaryl/α,β-unsaturated/α-hetero) is 1. The van der Waals surface area contributed by atoms with Gasteiger partial charge in [-0.05, 0) is 17.5 Å². The Balaban J connectivity index is 1.98. The standard InChI is InChI=1S/C18H15NO6/c1-9(2)10-6-7-11-14(8-10)25-18(22)12-4-3-5-13(19(23)24)15(12)16(20)17(11,18)21/h3-9,21-22H,1-2H3/t17-,18-/m0/s1. The van der Waals surface area contributed by atoms with Gasteiger partial charge in [-0.25, -0.2) is 0 Å². The van der Waals surface area contributed by atoms with E-state index < -0.39 is 27.8 Å². The highest BCUT2D eigenvalue weighted by Crippen LogP contribution is 2.59. The van der Waals surface area contributed by atoms with Crippen LogP contribution in [0.4, 0.5) is 5.69 Å². The van der Waals surface area contributed by atoms with Crippen LogP contribution in [0.2, 0.25) is 0 Å². The van der Waals surface area contributed by atoms with E-state index in [1.165, 1.54) is 18.2 Å². The van der Waals surface area contributed by atoms with Crippen molar-refractivity contribution in [1.82, 2.24) is 0 Å². The van der Waals surface area contributed by atoms with Gasteiger partial charge in [-0.1, -0.05) is 38.1 Å². The zero-order valence-electron chi connectivity index (χ0n) is 13.5. The van der Waals surface area contributed by atoms with E-state index in [9.17, 15) is 25.1 Å². The number of ether oxygens (including phenoxy) is 1. The summed E-state index contributed by atoms with van der Waals surface area (Å²) in [7, 11) is 0. The SMILES string of the molecule is CC(C)c1ccc2c(c1)O[C@@]1(O)c3cccc([N+](=O)[O-])c3C(=O)[C@@]21O. The largest absolute Gasteiger partial charge is 0.454 e. The fourth-order valence-corrected chi connectivity index (χ4v) is 3.62. The van der Waals surface area contributed by atoms with Gasteiger partial charge in [0.1, 0.15) is 11.3 Å². The molecule has 0 saturated heterocycles. The molecule has 128 valence electrons. The maximum absolute atomic E-state index is 12.9. The van der Waals surface area contributed by atoms with E-state index in [2.05, 4.69) is 0 Å². The van der Waals surface area contributed by atoms with Crippen LogP contribution in [0.5, 0.6) is 5.75 Å². The molecule has 7 nitrogen and oxygen atoms in total. The van der Waals surface area contributed by atoms with Gasteiger partial charge in [-0.3, -0.25) is 14.9 Å². The van der Waals surface area contributed by atoms with Gasteiger partial charge in [0.2, 0.25) is 11.4 Å². The Morgan fingerprint density at radius 2 is 1.88 bits per heavy atom. The minimum atomic E-state index is -2.41. The molecule has 4 rings (SSSR count). The van der Waals surface area contributed by atoms with Crippen molar-refractivity contribution in [3.63, 3.8) is 0 Å². The first-order valence-electron chi connectivity index (χ1n) is 7.82. The number of hydrogen-bond acceptors (Lipinski definition) is 6. The van der Waals surface area contributed by atoms with Gasteiger partial charge in [-0.2, -0.15) is 0 Å². The molecule has 2 atom stereocenters. The predicted octanol–water partition coefficient (Wildman–Crippen LogP) is 2.34. The number of nitro groups is 1. The van der Waals surface area contributed by atoms with Gasteiger partial charge in [0.25, 0.3) is 11.5 Å². The van der Waals surface area contributed by atoms with Crippen LogP contribution in [0.15, 0.2) is 36.4 Å². The number of rotatable bonds is 2. The minimum Gasteiger partial charge on any atom is -0.454 e. The van der Waals surface area contributed by atoms with E-state index in [0.717, 1.165) is 11.6 Å². The third-order valence-electron chi connectivity index (χ3n) is 4.97. The molecule has 0 unspecified atom stereocenters. The number of carbonyl (C=O) groups excluding carboxylic acids is 1. The molecule has 0 spiro atoms. The third kappa shape index (κ3) is 1.69. The van der Waals surface area contributed by atoms with E-state index in [0.29, 0.717) is 0 Å². The Kier molecular flexibility index (Phi) is 2.93. The molecule has 1 aliphatic carbocycles. The zero-order chi connectivity index (χ0) is 18.1. The van der Waals surface area contributed by atoms with Crippen molar-refractivity contribution < 1.29 is 24.7 Å².